The zero-order chi connectivity index (χ0) is 10.6. The van der Waals surface area contributed by atoms with Crippen LogP contribution < -0.4 is 0 Å². The topological polar surface area (TPSA) is 29.5 Å². The lowest BCUT2D eigenvalue weighted by Gasteiger charge is -2.29. The highest BCUT2D eigenvalue weighted by Gasteiger charge is 2.26. The van der Waals surface area contributed by atoms with Crippen molar-refractivity contribution in [1.82, 2.24) is 4.90 Å². The third-order valence-electron chi connectivity index (χ3n) is 2.69. The maximum atomic E-state index is 11.8. The Morgan fingerprint density at radius 2 is 2.36 bits per heavy atom. The second-order valence-electron chi connectivity index (χ2n) is 3.81. The molecule has 0 N–H and O–H groups in total. The summed E-state index contributed by atoms with van der Waals surface area (Å²) in [6, 6.07) is 0.0784. The van der Waals surface area contributed by atoms with Gasteiger partial charge in [0.25, 0.3) is 5.91 Å². The minimum Gasteiger partial charge on any atom is -0.368 e. The van der Waals surface area contributed by atoms with Crippen LogP contribution in [-0.2, 0) is 9.53 Å². The van der Waals surface area contributed by atoms with Crippen molar-refractivity contribution in [2.45, 2.75) is 38.3 Å². The summed E-state index contributed by atoms with van der Waals surface area (Å²) in [7, 11) is 1.79. The first kappa shape index (κ1) is 11.8. The fraction of sp³-hybridized carbons (Fsp3) is 0.900. The van der Waals surface area contributed by atoms with Crippen LogP contribution in [0.25, 0.3) is 0 Å². The average Bonchev–Trinajstić information content (AvgIpc) is 2.27. The third-order valence-corrected chi connectivity index (χ3v) is 3.13. The van der Waals surface area contributed by atoms with E-state index in [1.807, 2.05) is 6.92 Å². The third kappa shape index (κ3) is 2.85. The van der Waals surface area contributed by atoms with E-state index in [2.05, 4.69) is 0 Å². The largest absolute Gasteiger partial charge is 0.368 e. The van der Waals surface area contributed by atoms with Crippen molar-refractivity contribution < 1.29 is 9.53 Å². The van der Waals surface area contributed by atoms with Crippen molar-refractivity contribution in [1.29, 1.82) is 0 Å². The monoisotopic (exact) mass is 219 g/mol. The Morgan fingerprint density at radius 1 is 1.64 bits per heavy atom. The Kier molecular flexibility index (Phi) is 4.69. The zero-order valence-electron chi connectivity index (χ0n) is 8.83. The van der Waals surface area contributed by atoms with Crippen molar-refractivity contribution in [2.75, 3.05) is 19.5 Å². The Balaban J connectivity index is 2.46. The maximum absolute atomic E-state index is 11.8. The minimum atomic E-state index is -0.237. The Bertz CT molecular complexity index is 189. The number of halogens is 1. The molecule has 0 spiro atoms. The molecule has 1 heterocycles. The number of likely N-dealkylation sites (N-methyl/N-ethyl adjacent to an activating group) is 1. The van der Waals surface area contributed by atoms with Gasteiger partial charge in [-0.1, -0.05) is 0 Å². The van der Waals surface area contributed by atoms with Gasteiger partial charge in [0, 0.05) is 25.6 Å². The van der Waals surface area contributed by atoms with Crippen LogP contribution in [0, 0.1) is 0 Å². The molecule has 2 unspecified atom stereocenters. The summed E-state index contributed by atoms with van der Waals surface area (Å²) in [4.78, 5) is 13.5. The fourth-order valence-electron chi connectivity index (χ4n) is 1.48. The first-order chi connectivity index (χ1) is 6.66. The molecule has 0 radical (unpaired) electrons. The number of carbonyl (C=O) groups excluding carboxylic acids is 1. The second-order valence-corrected chi connectivity index (χ2v) is 4.12. The summed E-state index contributed by atoms with van der Waals surface area (Å²) in [6.07, 6.45) is 2.76. The second kappa shape index (κ2) is 5.56. The molecule has 1 aliphatic heterocycles. The highest BCUT2D eigenvalue weighted by Crippen LogP contribution is 2.15. The van der Waals surface area contributed by atoms with E-state index >= 15 is 0 Å². The lowest BCUT2D eigenvalue weighted by molar-refractivity contribution is -0.146. The van der Waals surface area contributed by atoms with E-state index in [1.54, 1.807) is 11.9 Å². The SMILES string of the molecule is CC(CCl)N(C)C(=O)C1CCCCO1. The van der Waals surface area contributed by atoms with Crippen LogP contribution >= 0.6 is 11.6 Å². The molecule has 3 nitrogen and oxygen atoms in total. The van der Waals surface area contributed by atoms with Crippen LogP contribution in [0.2, 0.25) is 0 Å². The van der Waals surface area contributed by atoms with Crippen LogP contribution in [0.1, 0.15) is 26.2 Å². The summed E-state index contributed by atoms with van der Waals surface area (Å²) in [5, 5.41) is 0. The molecule has 4 heteroatoms. The lowest BCUT2D eigenvalue weighted by atomic mass is 10.1. The van der Waals surface area contributed by atoms with Gasteiger partial charge in [0.1, 0.15) is 6.10 Å². The molecule has 1 rings (SSSR count). The molecule has 1 saturated heterocycles. The van der Waals surface area contributed by atoms with Crippen LogP contribution in [-0.4, -0.2) is 42.5 Å². The van der Waals surface area contributed by atoms with Gasteiger partial charge in [-0.15, -0.1) is 11.6 Å². The molecule has 14 heavy (non-hydrogen) atoms. The van der Waals surface area contributed by atoms with E-state index in [9.17, 15) is 4.79 Å². The highest BCUT2D eigenvalue weighted by atomic mass is 35.5. The van der Waals surface area contributed by atoms with Gasteiger partial charge in [-0.25, -0.2) is 0 Å². The minimum absolute atomic E-state index is 0.0675. The van der Waals surface area contributed by atoms with Crippen molar-refractivity contribution >= 4 is 17.5 Å². The Hall–Kier alpha value is -0.280. The van der Waals surface area contributed by atoms with E-state index in [0.717, 1.165) is 19.3 Å². The molecule has 1 aliphatic rings. The van der Waals surface area contributed by atoms with Gasteiger partial charge in [0.05, 0.1) is 0 Å². The van der Waals surface area contributed by atoms with E-state index in [4.69, 9.17) is 16.3 Å². The number of alkyl halides is 1. The van der Waals surface area contributed by atoms with Crippen LogP contribution in [0.4, 0.5) is 0 Å². The first-order valence-corrected chi connectivity index (χ1v) is 5.64. The molecule has 1 amide bonds. The van der Waals surface area contributed by atoms with Gasteiger partial charge < -0.3 is 9.64 Å². The molecular weight excluding hydrogens is 202 g/mol. The van der Waals surface area contributed by atoms with Gasteiger partial charge in [-0.05, 0) is 26.2 Å². The number of carbonyl (C=O) groups is 1. The molecule has 0 saturated carbocycles. The summed E-state index contributed by atoms with van der Waals surface area (Å²) in [6.45, 7) is 2.65. The van der Waals surface area contributed by atoms with Crippen molar-refractivity contribution in [2.24, 2.45) is 0 Å². The van der Waals surface area contributed by atoms with E-state index < -0.39 is 0 Å². The van der Waals surface area contributed by atoms with Gasteiger partial charge in [0.15, 0.2) is 0 Å². The molecule has 0 aliphatic carbocycles. The summed E-state index contributed by atoms with van der Waals surface area (Å²) >= 11 is 5.70. The zero-order valence-corrected chi connectivity index (χ0v) is 9.59. The van der Waals surface area contributed by atoms with Crippen LogP contribution in [0.5, 0.6) is 0 Å². The molecule has 0 aromatic rings. The van der Waals surface area contributed by atoms with Crippen LogP contribution in [0.3, 0.4) is 0 Å². The number of hydrogen-bond donors (Lipinski definition) is 0. The number of hydrogen-bond acceptors (Lipinski definition) is 2. The van der Waals surface area contributed by atoms with Gasteiger partial charge in [-0.2, -0.15) is 0 Å². The molecule has 0 bridgehead atoms. The van der Waals surface area contributed by atoms with Crippen molar-refractivity contribution in [3.8, 4) is 0 Å². The highest BCUT2D eigenvalue weighted by molar-refractivity contribution is 6.18. The summed E-state index contributed by atoms with van der Waals surface area (Å²) in [5.41, 5.74) is 0. The van der Waals surface area contributed by atoms with Gasteiger partial charge >= 0.3 is 0 Å². The fourth-order valence-corrected chi connectivity index (χ4v) is 1.69. The predicted molar refractivity (Wildman–Crippen MR) is 56.5 cm³/mol. The summed E-state index contributed by atoms with van der Waals surface area (Å²) < 4.78 is 5.42. The first-order valence-electron chi connectivity index (χ1n) is 5.11. The Labute approximate surface area is 90.4 Å². The molecule has 2 atom stereocenters. The van der Waals surface area contributed by atoms with E-state index in [1.165, 1.54) is 0 Å². The molecular formula is C10H18ClNO2. The number of ether oxygens (including phenoxy) is 1. The standard InChI is InChI=1S/C10H18ClNO2/c1-8(7-11)12(2)10(13)9-5-3-4-6-14-9/h8-9H,3-7H2,1-2H3. The van der Waals surface area contributed by atoms with Gasteiger partial charge in [0.2, 0.25) is 0 Å². The Morgan fingerprint density at radius 3 is 2.86 bits per heavy atom. The quantitative estimate of drug-likeness (QED) is 0.676. The number of nitrogens with zero attached hydrogens (tertiary/aromatic N) is 1. The predicted octanol–water partition coefficient (Wildman–Crippen LogP) is 1.64. The molecule has 0 aromatic carbocycles. The number of amides is 1. The normalized spacial score (nSPS) is 24.4. The molecule has 0 aromatic heterocycles. The van der Waals surface area contributed by atoms with Crippen molar-refractivity contribution in [3.63, 3.8) is 0 Å². The molecule has 1 fully saturated rings. The maximum Gasteiger partial charge on any atom is 0.251 e. The van der Waals surface area contributed by atoms with Crippen LogP contribution in [0.15, 0.2) is 0 Å². The van der Waals surface area contributed by atoms with Gasteiger partial charge in [-0.3, -0.25) is 4.79 Å². The summed E-state index contributed by atoms with van der Waals surface area (Å²) in [5.74, 6) is 0.535. The number of rotatable bonds is 3. The van der Waals surface area contributed by atoms with E-state index in [-0.39, 0.29) is 18.1 Å². The smallest absolute Gasteiger partial charge is 0.251 e. The molecule has 82 valence electrons. The average molecular weight is 220 g/mol. The van der Waals surface area contributed by atoms with Crippen molar-refractivity contribution in [3.05, 3.63) is 0 Å². The lowest BCUT2D eigenvalue weighted by Crippen LogP contribution is -2.44. The van der Waals surface area contributed by atoms with E-state index in [0.29, 0.717) is 12.5 Å².